The van der Waals surface area contributed by atoms with Crippen molar-refractivity contribution in [3.8, 4) is 0 Å². The van der Waals surface area contributed by atoms with E-state index in [-0.39, 0.29) is 48.1 Å². The molecule has 6 rings (SSSR count). The molecule has 8 amide bonds. The number of amides is 8. The van der Waals surface area contributed by atoms with E-state index >= 15 is 0 Å². The van der Waals surface area contributed by atoms with E-state index in [0.717, 1.165) is 0 Å². The van der Waals surface area contributed by atoms with Crippen LogP contribution in [0, 0.1) is 21.4 Å². The molecule has 2 aromatic rings. The first-order valence-corrected chi connectivity index (χ1v) is 25.8. The number of benzene rings is 2. The SMILES string of the molecule is O=C(NCC(O)CNC(=O)Nc1c(I)c(C(=O)N2CCOCC2)c(I)c(C(=O)N2CCOCC2)c1I)Nc1c(I)c(C(=O)N2CCOCC2)c(I)c(C(=O)N2CCOCC2)c1I. The summed E-state index contributed by atoms with van der Waals surface area (Å²) in [5.74, 6) is -1.14. The Labute approximate surface area is 439 Å². The fourth-order valence-electron chi connectivity index (χ4n) is 6.81. The van der Waals surface area contributed by atoms with Gasteiger partial charge in [-0.2, -0.15) is 0 Å². The number of ether oxygens (including phenoxy) is 4. The van der Waals surface area contributed by atoms with E-state index in [4.69, 9.17) is 18.9 Å². The van der Waals surface area contributed by atoms with Crippen LogP contribution >= 0.6 is 136 Å². The molecule has 2 aromatic carbocycles. The summed E-state index contributed by atoms with van der Waals surface area (Å²) >= 11 is 12.1. The number of carbonyl (C=O) groups excluding carboxylic acids is 6. The van der Waals surface area contributed by atoms with Crippen molar-refractivity contribution >= 4 is 183 Å². The summed E-state index contributed by atoms with van der Waals surface area (Å²) in [6, 6.07) is -1.42. The van der Waals surface area contributed by atoms with Gasteiger partial charge >= 0.3 is 12.1 Å². The maximum Gasteiger partial charge on any atom is 0.319 e. The molecule has 0 unspecified atom stereocenters. The number of nitrogens with zero attached hydrogens (tertiary/aromatic N) is 4. The van der Waals surface area contributed by atoms with Crippen LogP contribution in [0.15, 0.2) is 0 Å². The van der Waals surface area contributed by atoms with Gasteiger partial charge in [-0.25, -0.2) is 9.59 Å². The summed E-state index contributed by atoms with van der Waals surface area (Å²) in [6.45, 7) is 5.55. The van der Waals surface area contributed by atoms with E-state index in [1.54, 1.807) is 19.6 Å². The molecule has 0 radical (unpaired) electrons. The fourth-order valence-corrected chi connectivity index (χ4v) is 15.5. The van der Waals surface area contributed by atoms with Crippen LogP contribution in [-0.4, -0.2) is 185 Å². The molecule has 4 saturated heterocycles. The number of carbonyl (C=O) groups is 6. The van der Waals surface area contributed by atoms with Gasteiger partial charge in [0.25, 0.3) is 23.6 Å². The second-order valence-corrected chi connectivity index (χ2v) is 20.5. The first-order valence-electron chi connectivity index (χ1n) is 19.4. The average molecular weight is 1540 g/mol. The number of hydrogen-bond donors (Lipinski definition) is 5. The van der Waals surface area contributed by atoms with Gasteiger partial charge in [-0.05, 0) is 136 Å². The summed E-state index contributed by atoms with van der Waals surface area (Å²) in [6.07, 6.45) is -1.25. The standard InChI is InChI=1S/C37H42I6N8O11/c38-24-20(32(53)48-1-9-59-10-2-48)26(40)30(27(41)21(24)33(54)49-3-11-60-12-4-49)46-36(57)44-17-19(52)18-45-37(58)47-31-28(42)22(34(55)50-5-13-61-14-6-50)25(39)23(29(31)43)35(56)51-7-15-62-16-8-51/h19,52H,1-18H2,(H2,44,46,57)(H2,45,47,58). The molecule has 25 heteroatoms. The maximum atomic E-state index is 13.9. The minimum atomic E-state index is -1.25. The maximum absolute atomic E-state index is 13.9. The van der Waals surface area contributed by atoms with Gasteiger partial charge in [-0.15, -0.1) is 0 Å². The topological polar surface area (TPSA) is 221 Å². The average Bonchev–Trinajstić information content (AvgIpc) is 3.28. The molecule has 4 heterocycles. The Bertz CT molecular complexity index is 1820. The van der Waals surface area contributed by atoms with E-state index in [0.29, 0.717) is 149 Å². The van der Waals surface area contributed by atoms with E-state index in [2.05, 4.69) is 21.3 Å². The molecule has 4 fully saturated rings. The van der Waals surface area contributed by atoms with Gasteiger partial charge in [0.1, 0.15) is 0 Å². The molecule has 0 saturated carbocycles. The highest BCUT2D eigenvalue weighted by molar-refractivity contribution is 14.1. The van der Waals surface area contributed by atoms with Gasteiger partial charge < -0.3 is 64.9 Å². The molecular formula is C37H42I6N8O11. The summed E-state index contributed by atoms with van der Waals surface area (Å²) in [4.78, 5) is 89.3. The summed E-state index contributed by atoms with van der Waals surface area (Å²) < 4.78 is 24.5. The minimum Gasteiger partial charge on any atom is -0.389 e. The predicted octanol–water partition coefficient (Wildman–Crippen LogP) is 3.51. The molecular weight excluding hydrogens is 1490 g/mol. The van der Waals surface area contributed by atoms with Gasteiger partial charge in [-0.3, -0.25) is 19.2 Å². The summed E-state index contributed by atoms with van der Waals surface area (Å²) in [5.41, 5.74) is 1.71. The van der Waals surface area contributed by atoms with Crippen molar-refractivity contribution in [2.45, 2.75) is 6.10 Å². The number of morpholine rings is 4. The first-order chi connectivity index (χ1) is 29.7. The van der Waals surface area contributed by atoms with Crippen molar-refractivity contribution in [3.05, 3.63) is 43.7 Å². The summed E-state index contributed by atoms with van der Waals surface area (Å²) in [5, 5.41) is 21.7. The number of anilines is 2. The highest BCUT2D eigenvalue weighted by Gasteiger charge is 2.35. The molecule has 0 spiro atoms. The van der Waals surface area contributed by atoms with Crippen LogP contribution in [0.5, 0.6) is 0 Å². The van der Waals surface area contributed by atoms with Gasteiger partial charge in [-0.1, -0.05) is 0 Å². The van der Waals surface area contributed by atoms with Crippen LogP contribution < -0.4 is 21.3 Å². The smallest absolute Gasteiger partial charge is 0.319 e. The number of halogens is 6. The highest BCUT2D eigenvalue weighted by atomic mass is 127. The lowest BCUT2D eigenvalue weighted by molar-refractivity contribution is 0.0293. The second-order valence-electron chi connectivity index (χ2n) is 14.1. The number of hydrogen-bond acceptors (Lipinski definition) is 11. The van der Waals surface area contributed by atoms with Crippen molar-refractivity contribution in [2.24, 2.45) is 0 Å². The first kappa shape index (κ1) is 50.5. The van der Waals surface area contributed by atoms with Crippen LogP contribution in [0.2, 0.25) is 0 Å². The Kier molecular flexibility index (Phi) is 19.3. The van der Waals surface area contributed by atoms with E-state index in [1.807, 2.05) is 136 Å². The number of nitrogens with one attached hydrogen (secondary N) is 4. The Morgan fingerprint density at radius 3 is 0.887 bits per heavy atom. The zero-order valence-electron chi connectivity index (χ0n) is 32.9. The van der Waals surface area contributed by atoms with Gasteiger partial charge in [0.15, 0.2) is 0 Å². The van der Waals surface area contributed by atoms with Crippen LogP contribution in [0.3, 0.4) is 0 Å². The molecule has 19 nitrogen and oxygen atoms in total. The normalized spacial score (nSPS) is 17.2. The van der Waals surface area contributed by atoms with Gasteiger partial charge in [0.2, 0.25) is 0 Å². The zero-order valence-corrected chi connectivity index (χ0v) is 45.8. The third kappa shape index (κ3) is 11.9. The monoisotopic (exact) mass is 1540 g/mol. The molecule has 0 bridgehead atoms. The van der Waals surface area contributed by atoms with Crippen LogP contribution in [-0.2, 0) is 18.9 Å². The van der Waals surface area contributed by atoms with Crippen molar-refractivity contribution in [1.82, 2.24) is 30.2 Å². The Hall–Kier alpha value is -0.960. The zero-order chi connectivity index (χ0) is 44.7. The van der Waals surface area contributed by atoms with Crippen molar-refractivity contribution in [3.63, 3.8) is 0 Å². The lowest BCUT2D eigenvalue weighted by atomic mass is 10.1. The number of urea groups is 2. The Balaban J connectivity index is 1.15. The van der Waals surface area contributed by atoms with Gasteiger partial charge in [0.05, 0.1) is 107 Å². The van der Waals surface area contributed by atoms with Crippen LogP contribution in [0.25, 0.3) is 0 Å². The van der Waals surface area contributed by atoms with Crippen molar-refractivity contribution in [1.29, 1.82) is 0 Å². The Morgan fingerprint density at radius 2 is 0.661 bits per heavy atom. The lowest BCUT2D eigenvalue weighted by Crippen LogP contribution is -2.44. The highest BCUT2D eigenvalue weighted by Crippen LogP contribution is 2.39. The molecule has 5 N–H and O–H groups in total. The number of aliphatic hydroxyl groups excluding tert-OH is 1. The largest absolute Gasteiger partial charge is 0.389 e. The minimum absolute atomic E-state index is 0.268. The van der Waals surface area contributed by atoms with E-state index in [9.17, 15) is 33.9 Å². The number of rotatable bonds is 10. The van der Waals surface area contributed by atoms with E-state index in [1.165, 1.54) is 0 Å². The quantitative estimate of drug-likeness (QED) is 0.217. The molecule has 0 atom stereocenters. The van der Waals surface area contributed by atoms with Crippen LogP contribution in [0.1, 0.15) is 41.4 Å². The van der Waals surface area contributed by atoms with Crippen molar-refractivity contribution < 1.29 is 52.8 Å². The molecule has 4 aliphatic rings. The van der Waals surface area contributed by atoms with E-state index < -0.39 is 18.2 Å². The third-order valence-electron chi connectivity index (χ3n) is 10.2. The second kappa shape index (κ2) is 23.7. The molecule has 62 heavy (non-hydrogen) atoms. The summed E-state index contributed by atoms with van der Waals surface area (Å²) in [7, 11) is 0. The van der Waals surface area contributed by atoms with Crippen LogP contribution in [0.4, 0.5) is 21.0 Å². The fraction of sp³-hybridized carbons (Fsp3) is 0.514. The number of aliphatic hydroxyl groups is 1. The molecule has 0 aromatic heterocycles. The molecule has 4 aliphatic heterocycles. The van der Waals surface area contributed by atoms with Crippen molar-refractivity contribution in [2.75, 3.05) is 129 Å². The predicted molar refractivity (Wildman–Crippen MR) is 276 cm³/mol. The lowest BCUT2D eigenvalue weighted by Gasteiger charge is -2.30. The Morgan fingerprint density at radius 1 is 0.435 bits per heavy atom. The molecule has 338 valence electrons. The van der Waals surface area contributed by atoms with Gasteiger partial charge in [0, 0.05) is 72.6 Å². The third-order valence-corrected chi connectivity index (χ3v) is 16.6. The molecule has 0 aliphatic carbocycles.